The van der Waals surface area contributed by atoms with Gasteiger partial charge in [-0.2, -0.15) is 0 Å². The van der Waals surface area contributed by atoms with Crippen molar-refractivity contribution in [1.82, 2.24) is 15.5 Å². The predicted octanol–water partition coefficient (Wildman–Crippen LogP) is 3.15. The van der Waals surface area contributed by atoms with Crippen LogP contribution in [0.1, 0.15) is 44.7 Å². The van der Waals surface area contributed by atoms with Gasteiger partial charge < -0.3 is 10.1 Å². The third-order valence-electron chi connectivity index (χ3n) is 3.45. The summed E-state index contributed by atoms with van der Waals surface area (Å²) in [6.45, 7) is 1.33. The standard InChI is InChI=1S/C15H16ClN3O2S/c1-21-15(20)11-5-2-9(6-12(11)16)7-17-8-13-18-19-14(22-13)10-3-4-10/h2,5-6,10,17H,3-4,7-8H2,1H3. The number of esters is 1. The van der Waals surface area contributed by atoms with Gasteiger partial charge in [0, 0.05) is 19.0 Å². The predicted molar refractivity (Wildman–Crippen MR) is 85.2 cm³/mol. The lowest BCUT2D eigenvalue weighted by molar-refractivity contribution is 0.0601. The van der Waals surface area contributed by atoms with Gasteiger partial charge >= 0.3 is 5.97 Å². The Kier molecular flexibility index (Phi) is 4.71. The molecule has 1 aliphatic rings. The number of rotatable bonds is 6. The maximum absolute atomic E-state index is 11.5. The smallest absolute Gasteiger partial charge is 0.339 e. The summed E-state index contributed by atoms with van der Waals surface area (Å²) < 4.78 is 4.67. The van der Waals surface area contributed by atoms with Crippen LogP contribution in [0.4, 0.5) is 0 Å². The van der Waals surface area contributed by atoms with E-state index in [-0.39, 0.29) is 0 Å². The Hall–Kier alpha value is -1.50. The molecule has 1 aromatic heterocycles. The summed E-state index contributed by atoms with van der Waals surface area (Å²) in [5.41, 5.74) is 1.38. The van der Waals surface area contributed by atoms with E-state index in [4.69, 9.17) is 11.6 Å². The number of hydrogen-bond acceptors (Lipinski definition) is 6. The van der Waals surface area contributed by atoms with Gasteiger partial charge in [0.2, 0.25) is 0 Å². The highest BCUT2D eigenvalue weighted by atomic mass is 35.5. The lowest BCUT2D eigenvalue weighted by Crippen LogP contribution is -2.13. The minimum absolute atomic E-state index is 0.381. The Balaban J connectivity index is 1.54. The molecule has 3 rings (SSSR count). The maximum atomic E-state index is 11.5. The average molecular weight is 338 g/mol. The Morgan fingerprint density at radius 2 is 2.23 bits per heavy atom. The summed E-state index contributed by atoms with van der Waals surface area (Å²) in [6.07, 6.45) is 2.49. The monoisotopic (exact) mass is 337 g/mol. The molecular weight excluding hydrogens is 322 g/mol. The summed E-state index contributed by atoms with van der Waals surface area (Å²) in [7, 11) is 1.34. The molecule has 0 amide bonds. The first-order chi connectivity index (χ1) is 10.7. The van der Waals surface area contributed by atoms with Crippen LogP contribution in [0.25, 0.3) is 0 Å². The third-order valence-corrected chi connectivity index (χ3v) is 4.85. The lowest BCUT2D eigenvalue weighted by Gasteiger charge is -2.06. The molecule has 2 aromatic rings. The van der Waals surface area contributed by atoms with E-state index in [1.165, 1.54) is 20.0 Å². The summed E-state index contributed by atoms with van der Waals surface area (Å²) in [6, 6.07) is 5.32. The first kappa shape index (κ1) is 15.4. The van der Waals surface area contributed by atoms with Gasteiger partial charge in [-0.3, -0.25) is 0 Å². The SMILES string of the molecule is COC(=O)c1ccc(CNCc2nnc(C3CC3)s2)cc1Cl. The number of carbonyl (C=O) groups is 1. The molecule has 1 fully saturated rings. The molecule has 0 saturated heterocycles. The number of hydrogen-bond donors (Lipinski definition) is 1. The summed E-state index contributed by atoms with van der Waals surface area (Å²) >= 11 is 7.77. The molecule has 5 nitrogen and oxygen atoms in total. The van der Waals surface area contributed by atoms with Gasteiger partial charge in [0.1, 0.15) is 10.0 Å². The molecule has 0 bridgehead atoms. The third kappa shape index (κ3) is 3.63. The van der Waals surface area contributed by atoms with Crippen LogP contribution < -0.4 is 5.32 Å². The second-order valence-electron chi connectivity index (χ2n) is 5.22. The van der Waals surface area contributed by atoms with E-state index >= 15 is 0 Å². The number of ether oxygens (including phenoxy) is 1. The molecule has 0 unspecified atom stereocenters. The molecule has 1 aliphatic carbocycles. The second-order valence-corrected chi connectivity index (χ2v) is 6.72. The van der Waals surface area contributed by atoms with Crippen LogP contribution in [0, 0.1) is 0 Å². The Morgan fingerprint density at radius 3 is 2.91 bits per heavy atom. The molecule has 1 heterocycles. The topological polar surface area (TPSA) is 64.1 Å². The van der Waals surface area contributed by atoms with E-state index in [9.17, 15) is 4.79 Å². The first-order valence-corrected chi connectivity index (χ1v) is 8.26. The van der Waals surface area contributed by atoms with Crippen LogP contribution in [0.2, 0.25) is 5.02 Å². The minimum atomic E-state index is -0.425. The number of aromatic nitrogens is 2. The lowest BCUT2D eigenvalue weighted by atomic mass is 10.1. The Bertz CT molecular complexity index is 685. The molecule has 1 aromatic carbocycles. The molecule has 0 atom stereocenters. The zero-order chi connectivity index (χ0) is 15.5. The van der Waals surface area contributed by atoms with E-state index in [1.54, 1.807) is 23.5 Å². The summed E-state index contributed by atoms with van der Waals surface area (Å²) in [5.74, 6) is 0.224. The quantitative estimate of drug-likeness (QED) is 0.820. The van der Waals surface area contributed by atoms with Crippen molar-refractivity contribution >= 4 is 28.9 Å². The van der Waals surface area contributed by atoms with E-state index in [0.29, 0.717) is 29.6 Å². The fraction of sp³-hybridized carbons (Fsp3) is 0.400. The highest BCUT2D eigenvalue weighted by Gasteiger charge is 2.27. The number of methoxy groups -OCH3 is 1. The minimum Gasteiger partial charge on any atom is -0.465 e. The van der Waals surface area contributed by atoms with Crippen molar-refractivity contribution in [3.05, 3.63) is 44.4 Å². The number of benzene rings is 1. The molecule has 0 spiro atoms. The van der Waals surface area contributed by atoms with Crippen LogP contribution in [-0.2, 0) is 17.8 Å². The fourth-order valence-electron chi connectivity index (χ4n) is 2.09. The van der Waals surface area contributed by atoms with E-state index < -0.39 is 5.97 Å². The van der Waals surface area contributed by atoms with Crippen LogP contribution in [0.5, 0.6) is 0 Å². The van der Waals surface area contributed by atoms with E-state index in [2.05, 4.69) is 20.3 Å². The average Bonchev–Trinajstić information content (AvgIpc) is 3.26. The zero-order valence-corrected chi connectivity index (χ0v) is 13.7. The van der Waals surface area contributed by atoms with Crippen molar-refractivity contribution in [2.75, 3.05) is 7.11 Å². The van der Waals surface area contributed by atoms with Crippen LogP contribution in [-0.4, -0.2) is 23.3 Å². The van der Waals surface area contributed by atoms with Crippen molar-refractivity contribution < 1.29 is 9.53 Å². The zero-order valence-electron chi connectivity index (χ0n) is 12.1. The molecular formula is C15H16ClN3O2S. The number of nitrogens with one attached hydrogen (secondary N) is 1. The Morgan fingerprint density at radius 1 is 1.41 bits per heavy atom. The molecule has 1 N–H and O–H groups in total. The van der Waals surface area contributed by atoms with Crippen LogP contribution in [0.15, 0.2) is 18.2 Å². The normalized spacial score (nSPS) is 14.1. The van der Waals surface area contributed by atoms with Crippen LogP contribution >= 0.6 is 22.9 Å². The fourth-order valence-corrected chi connectivity index (χ4v) is 3.35. The van der Waals surface area contributed by atoms with Crippen molar-refractivity contribution in [3.63, 3.8) is 0 Å². The van der Waals surface area contributed by atoms with Gasteiger partial charge in [0.05, 0.1) is 17.7 Å². The summed E-state index contributed by atoms with van der Waals surface area (Å²) in [5, 5.41) is 14.3. The molecule has 0 aliphatic heterocycles. The highest BCUT2D eigenvalue weighted by Crippen LogP contribution is 2.41. The maximum Gasteiger partial charge on any atom is 0.339 e. The van der Waals surface area contributed by atoms with Crippen molar-refractivity contribution in [2.45, 2.75) is 31.8 Å². The molecule has 22 heavy (non-hydrogen) atoms. The van der Waals surface area contributed by atoms with E-state index in [0.717, 1.165) is 15.6 Å². The van der Waals surface area contributed by atoms with Gasteiger partial charge in [-0.15, -0.1) is 10.2 Å². The number of carbonyl (C=O) groups excluding carboxylic acids is 1. The molecule has 0 radical (unpaired) electrons. The van der Waals surface area contributed by atoms with Crippen molar-refractivity contribution in [2.24, 2.45) is 0 Å². The highest BCUT2D eigenvalue weighted by molar-refractivity contribution is 7.11. The van der Waals surface area contributed by atoms with Gasteiger partial charge in [-0.1, -0.05) is 29.0 Å². The Labute approximate surface area is 137 Å². The summed E-state index contributed by atoms with van der Waals surface area (Å²) in [4.78, 5) is 11.5. The largest absolute Gasteiger partial charge is 0.465 e. The number of nitrogens with zero attached hydrogens (tertiary/aromatic N) is 2. The number of halogens is 1. The van der Waals surface area contributed by atoms with Gasteiger partial charge in [-0.25, -0.2) is 4.79 Å². The molecule has 116 valence electrons. The molecule has 7 heteroatoms. The molecule has 1 saturated carbocycles. The van der Waals surface area contributed by atoms with Gasteiger partial charge in [0.25, 0.3) is 0 Å². The van der Waals surface area contributed by atoms with Gasteiger partial charge in [-0.05, 0) is 30.5 Å². The van der Waals surface area contributed by atoms with Crippen molar-refractivity contribution in [1.29, 1.82) is 0 Å². The van der Waals surface area contributed by atoms with Crippen molar-refractivity contribution in [3.8, 4) is 0 Å². The van der Waals surface area contributed by atoms with Crippen LogP contribution in [0.3, 0.4) is 0 Å². The van der Waals surface area contributed by atoms with Gasteiger partial charge in [0.15, 0.2) is 0 Å². The second kappa shape index (κ2) is 6.73. The van der Waals surface area contributed by atoms with E-state index in [1.807, 2.05) is 6.07 Å². The first-order valence-electron chi connectivity index (χ1n) is 7.07.